The van der Waals surface area contributed by atoms with Gasteiger partial charge in [-0.1, -0.05) is 6.92 Å². The molecule has 116 valence electrons. The second-order valence-corrected chi connectivity index (χ2v) is 5.39. The van der Waals surface area contributed by atoms with Crippen LogP contribution in [0.5, 0.6) is 0 Å². The minimum atomic E-state index is -0.443. The van der Waals surface area contributed by atoms with Gasteiger partial charge < -0.3 is 15.0 Å². The monoisotopic (exact) mass is 294 g/mol. The number of carbonyl (C=O) groups excluding carboxylic acids is 1. The van der Waals surface area contributed by atoms with Crippen molar-refractivity contribution in [2.75, 3.05) is 32.1 Å². The molecule has 1 unspecified atom stereocenters. The van der Waals surface area contributed by atoms with E-state index in [-0.39, 0.29) is 11.9 Å². The smallest absolute Gasteiger partial charge is 0.339 e. The van der Waals surface area contributed by atoms with E-state index in [4.69, 9.17) is 4.74 Å². The molecule has 1 aliphatic heterocycles. The van der Waals surface area contributed by atoms with Gasteiger partial charge in [-0.25, -0.2) is 9.18 Å². The van der Waals surface area contributed by atoms with Crippen molar-refractivity contribution in [2.24, 2.45) is 0 Å². The van der Waals surface area contributed by atoms with Crippen LogP contribution in [0.3, 0.4) is 0 Å². The highest BCUT2D eigenvalue weighted by atomic mass is 19.1. The van der Waals surface area contributed by atoms with E-state index in [0.717, 1.165) is 38.9 Å². The lowest BCUT2D eigenvalue weighted by molar-refractivity contribution is 0.0601. The summed E-state index contributed by atoms with van der Waals surface area (Å²) in [6, 6.07) is 4.38. The maximum atomic E-state index is 13.5. The van der Waals surface area contributed by atoms with E-state index in [1.807, 2.05) is 0 Å². The lowest BCUT2D eigenvalue weighted by Gasteiger charge is -2.20. The first-order valence-electron chi connectivity index (χ1n) is 7.50. The van der Waals surface area contributed by atoms with Gasteiger partial charge in [-0.3, -0.25) is 0 Å². The highest BCUT2D eigenvalue weighted by Crippen LogP contribution is 2.22. The van der Waals surface area contributed by atoms with Gasteiger partial charge in [0.15, 0.2) is 0 Å². The molecule has 0 aliphatic carbocycles. The number of rotatable bonds is 4. The summed E-state index contributed by atoms with van der Waals surface area (Å²) in [6.07, 6.45) is 3.12. The Morgan fingerprint density at radius 1 is 1.43 bits per heavy atom. The molecule has 1 heterocycles. The minimum Gasteiger partial charge on any atom is -0.465 e. The van der Waals surface area contributed by atoms with Crippen molar-refractivity contribution >= 4 is 11.7 Å². The predicted molar refractivity (Wildman–Crippen MR) is 81.1 cm³/mol. The topological polar surface area (TPSA) is 41.6 Å². The first-order chi connectivity index (χ1) is 10.1. The molecule has 1 aromatic rings. The summed E-state index contributed by atoms with van der Waals surface area (Å²) >= 11 is 0. The van der Waals surface area contributed by atoms with Crippen molar-refractivity contribution in [3.05, 3.63) is 29.6 Å². The number of likely N-dealkylation sites (tertiary alicyclic amines) is 1. The molecule has 5 heteroatoms. The molecule has 0 saturated carbocycles. The van der Waals surface area contributed by atoms with E-state index in [2.05, 4.69) is 17.1 Å². The molecule has 1 fully saturated rings. The first kappa shape index (κ1) is 15.8. The predicted octanol–water partition coefficient (Wildman–Crippen LogP) is 2.90. The quantitative estimate of drug-likeness (QED) is 0.867. The summed E-state index contributed by atoms with van der Waals surface area (Å²) in [4.78, 5) is 14.2. The van der Waals surface area contributed by atoms with Crippen LogP contribution < -0.4 is 5.32 Å². The van der Waals surface area contributed by atoms with Crippen LogP contribution in [0.25, 0.3) is 0 Å². The largest absolute Gasteiger partial charge is 0.465 e. The van der Waals surface area contributed by atoms with E-state index in [0.29, 0.717) is 11.3 Å². The van der Waals surface area contributed by atoms with Crippen LogP contribution in [-0.4, -0.2) is 43.7 Å². The van der Waals surface area contributed by atoms with Gasteiger partial charge in [0.25, 0.3) is 0 Å². The molecular weight excluding hydrogens is 271 g/mol. The van der Waals surface area contributed by atoms with Crippen LogP contribution in [0.15, 0.2) is 18.2 Å². The highest BCUT2D eigenvalue weighted by Gasteiger charge is 2.19. The number of carbonyl (C=O) groups is 1. The Morgan fingerprint density at radius 2 is 2.24 bits per heavy atom. The van der Waals surface area contributed by atoms with E-state index in [1.54, 1.807) is 0 Å². The summed E-state index contributed by atoms with van der Waals surface area (Å²) < 4.78 is 18.2. The summed E-state index contributed by atoms with van der Waals surface area (Å²) in [7, 11) is 1.33. The van der Waals surface area contributed by atoms with Gasteiger partial charge >= 0.3 is 5.97 Å². The molecule has 1 saturated heterocycles. The lowest BCUT2D eigenvalue weighted by Crippen LogP contribution is -2.26. The Kier molecular flexibility index (Phi) is 5.56. The highest BCUT2D eigenvalue weighted by molar-refractivity contribution is 5.95. The zero-order chi connectivity index (χ0) is 15.2. The molecular formula is C16H23FN2O2. The fourth-order valence-electron chi connectivity index (χ4n) is 2.76. The molecule has 0 aromatic heterocycles. The zero-order valence-corrected chi connectivity index (χ0v) is 12.7. The zero-order valence-electron chi connectivity index (χ0n) is 12.7. The van der Waals surface area contributed by atoms with Crippen molar-refractivity contribution < 1.29 is 13.9 Å². The first-order valence-corrected chi connectivity index (χ1v) is 7.50. The van der Waals surface area contributed by atoms with Gasteiger partial charge in [-0.2, -0.15) is 0 Å². The average Bonchev–Trinajstić information content (AvgIpc) is 2.72. The molecule has 2 rings (SSSR count). The number of ether oxygens (including phenoxy) is 1. The number of anilines is 1. The molecule has 1 N–H and O–H groups in total. The molecule has 1 aliphatic rings. The molecule has 0 bridgehead atoms. The van der Waals surface area contributed by atoms with Gasteiger partial charge in [-0.15, -0.1) is 0 Å². The number of nitrogens with zero attached hydrogens (tertiary/aromatic N) is 1. The van der Waals surface area contributed by atoms with Crippen molar-refractivity contribution in [1.82, 2.24) is 4.90 Å². The fraction of sp³-hybridized carbons (Fsp3) is 0.562. The molecule has 1 aromatic carbocycles. The maximum Gasteiger partial charge on any atom is 0.339 e. The second-order valence-electron chi connectivity index (χ2n) is 5.39. The number of hydrogen-bond acceptors (Lipinski definition) is 4. The Hall–Kier alpha value is -1.62. The summed E-state index contributed by atoms with van der Waals surface area (Å²) in [5, 5.41) is 3.32. The molecule has 0 radical (unpaired) electrons. The fourth-order valence-corrected chi connectivity index (χ4v) is 2.76. The van der Waals surface area contributed by atoms with Crippen LogP contribution in [0.4, 0.5) is 10.1 Å². The molecule has 0 spiro atoms. The number of nitrogens with one attached hydrogen (secondary N) is 1. The Morgan fingerprint density at radius 3 is 2.95 bits per heavy atom. The van der Waals surface area contributed by atoms with Crippen LogP contribution in [0, 0.1) is 5.82 Å². The van der Waals surface area contributed by atoms with Gasteiger partial charge in [0, 0.05) is 12.6 Å². The Bertz CT molecular complexity index is 493. The summed E-state index contributed by atoms with van der Waals surface area (Å²) in [6.45, 7) is 5.34. The van der Waals surface area contributed by atoms with Crippen LogP contribution in [0.2, 0.25) is 0 Å². The van der Waals surface area contributed by atoms with Crippen molar-refractivity contribution in [1.29, 1.82) is 0 Å². The third kappa shape index (κ3) is 4.17. The van der Waals surface area contributed by atoms with Crippen LogP contribution in [-0.2, 0) is 4.74 Å². The third-order valence-corrected chi connectivity index (χ3v) is 4.01. The number of methoxy groups -OCH3 is 1. The Labute approximate surface area is 125 Å². The number of hydrogen-bond donors (Lipinski definition) is 1. The van der Waals surface area contributed by atoms with E-state index < -0.39 is 5.97 Å². The molecule has 4 nitrogen and oxygen atoms in total. The third-order valence-electron chi connectivity index (χ3n) is 4.01. The maximum absolute atomic E-state index is 13.5. The lowest BCUT2D eigenvalue weighted by atomic mass is 10.1. The van der Waals surface area contributed by atoms with Crippen molar-refractivity contribution in [3.63, 3.8) is 0 Å². The normalized spacial score (nSPS) is 19.9. The second kappa shape index (κ2) is 7.41. The average molecular weight is 294 g/mol. The van der Waals surface area contributed by atoms with Gasteiger partial charge in [-0.05, 0) is 50.6 Å². The number of esters is 1. The van der Waals surface area contributed by atoms with E-state index >= 15 is 0 Å². The van der Waals surface area contributed by atoms with Crippen molar-refractivity contribution in [3.8, 4) is 0 Å². The van der Waals surface area contributed by atoms with Crippen LogP contribution in [0.1, 0.15) is 36.5 Å². The van der Waals surface area contributed by atoms with Gasteiger partial charge in [0.1, 0.15) is 5.82 Å². The summed E-state index contributed by atoms with van der Waals surface area (Å²) in [5.41, 5.74) is 0.910. The van der Waals surface area contributed by atoms with E-state index in [9.17, 15) is 9.18 Å². The van der Waals surface area contributed by atoms with E-state index in [1.165, 1.54) is 25.3 Å². The molecule has 1 atom stereocenters. The minimum absolute atomic E-state index is 0.256. The number of benzene rings is 1. The standard InChI is InChI=1S/C16H23FN2O2/c1-3-19-9-4-5-13(8-10-19)18-15-11-12(17)6-7-14(15)16(20)21-2/h6-7,11,13,18H,3-5,8-10H2,1-2H3. The van der Waals surface area contributed by atoms with Gasteiger partial charge in [0.05, 0.1) is 18.4 Å². The van der Waals surface area contributed by atoms with Gasteiger partial charge in [0.2, 0.25) is 0 Å². The summed E-state index contributed by atoms with van der Waals surface area (Å²) in [5.74, 6) is -0.796. The Balaban J connectivity index is 2.11. The SMILES string of the molecule is CCN1CCCC(Nc2cc(F)ccc2C(=O)OC)CC1. The molecule has 21 heavy (non-hydrogen) atoms. The van der Waals surface area contributed by atoms with Crippen molar-refractivity contribution in [2.45, 2.75) is 32.2 Å². The molecule has 0 amide bonds. The number of halogens is 1. The van der Waals surface area contributed by atoms with Crippen LogP contribution >= 0.6 is 0 Å².